The van der Waals surface area contributed by atoms with Crippen LogP contribution in [0.4, 0.5) is 4.79 Å². The van der Waals surface area contributed by atoms with Gasteiger partial charge < -0.3 is 15.7 Å². The lowest BCUT2D eigenvalue weighted by atomic mass is 9.87. The quantitative estimate of drug-likeness (QED) is 0.782. The molecule has 1 aliphatic carbocycles. The van der Waals surface area contributed by atoms with Gasteiger partial charge >= 0.3 is 6.03 Å². The summed E-state index contributed by atoms with van der Waals surface area (Å²) in [6, 6.07) is 4.46. The summed E-state index contributed by atoms with van der Waals surface area (Å²) in [7, 11) is 0. The second-order valence-electron chi connectivity index (χ2n) is 5.70. The molecule has 0 saturated heterocycles. The Morgan fingerprint density at radius 2 is 2.20 bits per heavy atom. The molecule has 1 aromatic heterocycles. The van der Waals surface area contributed by atoms with E-state index in [1.807, 2.05) is 13.0 Å². The third-order valence-electron chi connectivity index (χ3n) is 3.91. The molecule has 0 aliphatic heterocycles. The molecule has 0 aromatic carbocycles. The number of aliphatic hydroxyl groups excluding tert-OH is 1. The average Bonchev–Trinajstić information content (AvgIpc) is 2.92. The number of rotatable bonds is 5. The van der Waals surface area contributed by atoms with Crippen LogP contribution in [0.1, 0.15) is 37.5 Å². The van der Waals surface area contributed by atoms with Gasteiger partial charge in [-0.1, -0.05) is 6.07 Å². The van der Waals surface area contributed by atoms with Gasteiger partial charge in [0.1, 0.15) is 0 Å². The summed E-state index contributed by atoms with van der Waals surface area (Å²) in [5, 5.41) is 17.2. The minimum Gasteiger partial charge on any atom is -0.396 e. The normalized spacial score (nSPS) is 24.1. The minimum atomic E-state index is -0.0681. The van der Waals surface area contributed by atoms with Crippen molar-refractivity contribution in [2.45, 2.75) is 51.1 Å². The molecule has 4 nitrogen and oxygen atoms in total. The zero-order chi connectivity index (χ0) is 14.4. The molecule has 1 fully saturated rings. The number of amides is 2. The standard InChI is InChI=1S/C15H24N2O2S/c1-11(9-14-3-2-8-20-14)16-15(19)17-13-6-4-12(10-18)5-7-13/h2-3,8,11-13,18H,4-7,9-10H2,1H3,(H2,16,17,19). The fourth-order valence-electron chi connectivity index (χ4n) is 2.72. The monoisotopic (exact) mass is 296 g/mol. The van der Waals surface area contributed by atoms with Gasteiger partial charge in [-0.15, -0.1) is 11.3 Å². The lowest BCUT2D eigenvalue weighted by molar-refractivity contribution is 0.174. The van der Waals surface area contributed by atoms with E-state index in [2.05, 4.69) is 22.1 Å². The van der Waals surface area contributed by atoms with Gasteiger partial charge in [-0.05, 0) is 50.0 Å². The Morgan fingerprint density at radius 1 is 1.45 bits per heavy atom. The molecule has 1 saturated carbocycles. The predicted molar refractivity (Wildman–Crippen MR) is 82.0 cm³/mol. The molecular weight excluding hydrogens is 272 g/mol. The Hall–Kier alpha value is -1.07. The van der Waals surface area contributed by atoms with Gasteiger partial charge in [0.05, 0.1) is 0 Å². The van der Waals surface area contributed by atoms with Crippen LogP contribution < -0.4 is 10.6 Å². The molecule has 0 spiro atoms. The molecular formula is C15H24N2O2S. The lowest BCUT2D eigenvalue weighted by Gasteiger charge is -2.28. The van der Waals surface area contributed by atoms with E-state index in [0.29, 0.717) is 5.92 Å². The SMILES string of the molecule is CC(Cc1cccs1)NC(=O)NC1CCC(CO)CC1. The topological polar surface area (TPSA) is 61.4 Å². The zero-order valence-electron chi connectivity index (χ0n) is 12.0. The fourth-order valence-corrected chi connectivity index (χ4v) is 3.56. The van der Waals surface area contributed by atoms with Crippen molar-refractivity contribution in [1.82, 2.24) is 10.6 Å². The van der Waals surface area contributed by atoms with Gasteiger partial charge in [0.25, 0.3) is 0 Å². The summed E-state index contributed by atoms with van der Waals surface area (Å²) >= 11 is 1.72. The largest absolute Gasteiger partial charge is 0.396 e. The van der Waals surface area contributed by atoms with E-state index >= 15 is 0 Å². The average molecular weight is 296 g/mol. The van der Waals surface area contributed by atoms with Gasteiger partial charge in [-0.25, -0.2) is 4.79 Å². The number of carbonyl (C=O) groups excluding carboxylic acids is 1. The van der Waals surface area contributed by atoms with Crippen molar-refractivity contribution < 1.29 is 9.90 Å². The Kier molecular flexibility index (Phi) is 5.86. The molecule has 2 rings (SSSR count). The van der Waals surface area contributed by atoms with Crippen LogP contribution in [-0.2, 0) is 6.42 Å². The molecule has 5 heteroatoms. The predicted octanol–water partition coefficient (Wildman–Crippen LogP) is 2.53. The van der Waals surface area contributed by atoms with Crippen LogP contribution in [0.2, 0.25) is 0 Å². The molecule has 2 amide bonds. The van der Waals surface area contributed by atoms with E-state index in [-0.39, 0.29) is 24.7 Å². The van der Waals surface area contributed by atoms with Crippen molar-refractivity contribution in [1.29, 1.82) is 0 Å². The van der Waals surface area contributed by atoms with Gasteiger partial charge in [0.15, 0.2) is 0 Å². The molecule has 1 heterocycles. The molecule has 1 unspecified atom stereocenters. The third-order valence-corrected chi connectivity index (χ3v) is 4.80. The first kappa shape index (κ1) is 15.3. The smallest absolute Gasteiger partial charge is 0.315 e. The maximum absolute atomic E-state index is 11.9. The molecule has 112 valence electrons. The second-order valence-corrected chi connectivity index (χ2v) is 6.73. The minimum absolute atomic E-state index is 0.0681. The third kappa shape index (κ3) is 4.80. The molecule has 0 bridgehead atoms. The maximum atomic E-state index is 11.9. The number of nitrogens with one attached hydrogen (secondary N) is 2. The fraction of sp³-hybridized carbons (Fsp3) is 0.667. The van der Waals surface area contributed by atoms with Gasteiger partial charge in [-0.3, -0.25) is 0 Å². The number of thiophene rings is 1. The van der Waals surface area contributed by atoms with Crippen molar-refractivity contribution in [3.8, 4) is 0 Å². The van der Waals surface area contributed by atoms with Crippen LogP contribution in [0.15, 0.2) is 17.5 Å². The highest BCUT2D eigenvalue weighted by atomic mass is 32.1. The van der Waals surface area contributed by atoms with Gasteiger partial charge in [-0.2, -0.15) is 0 Å². The Bertz CT molecular complexity index is 400. The molecule has 20 heavy (non-hydrogen) atoms. The Balaban J connectivity index is 1.67. The van der Waals surface area contributed by atoms with E-state index in [9.17, 15) is 4.79 Å². The zero-order valence-corrected chi connectivity index (χ0v) is 12.8. The Morgan fingerprint density at radius 3 is 2.80 bits per heavy atom. The summed E-state index contributed by atoms with van der Waals surface area (Å²) in [6.07, 6.45) is 4.83. The summed E-state index contributed by atoms with van der Waals surface area (Å²) in [5.41, 5.74) is 0. The van der Waals surface area contributed by atoms with Crippen molar-refractivity contribution in [2.24, 2.45) is 5.92 Å². The maximum Gasteiger partial charge on any atom is 0.315 e. The van der Waals surface area contributed by atoms with Crippen molar-refractivity contribution in [3.63, 3.8) is 0 Å². The highest BCUT2D eigenvalue weighted by Gasteiger charge is 2.22. The number of urea groups is 1. The number of hydrogen-bond acceptors (Lipinski definition) is 3. The van der Waals surface area contributed by atoms with Crippen molar-refractivity contribution in [3.05, 3.63) is 22.4 Å². The summed E-state index contributed by atoms with van der Waals surface area (Å²) < 4.78 is 0. The van der Waals surface area contributed by atoms with E-state index in [4.69, 9.17) is 5.11 Å². The summed E-state index contributed by atoms with van der Waals surface area (Å²) in [4.78, 5) is 13.2. The van der Waals surface area contributed by atoms with E-state index in [0.717, 1.165) is 32.1 Å². The van der Waals surface area contributed by atoms with Crippen LogP contribution in [0.3, 0.4) is 0 Å². The van der Waals surface area contributed by atoms with E-state index < -0.39 is 0 Å². The summed E-state index contributed by atoms with van der Waals surface area (Å²) in [5.74, 6) is 0.425. The second kappa shape index (κ2) is 7.64. The molecule has 1 atom stereocenters. The van der Waals surface area contributed by atoms with Crippen LogP contribution in [0.5, 0.6) is 0 Å². The Labute approximate surface area is 124 Å². The molecule has 0 radical (unpaired) electrons. The van der Waals surface area contributed by atoms with Crippen LogP contribution in [-0.4, -0.2) is 29.8 Å². The van der Waals surface area contributed by atoms with E-state index in [1.165, 1.54) is 4.88 Å². The lowest BCUT2D eigenvalue weighted by Crippen LogP contribution is -2.47. The first-order valence-electron chi connectivity index (χ1n) is 7.37. The number of carbonyl (C=O) groups is 1. The van der Waals surface area contributed by atoms with E-state index in [1.54, 1.807) is 11.3 Å². The van der Waals surface area contributed by atoms with Gasteiger partial charge in [0.2, 0.25) is 0 Å². The van der Waals surface area contributed by atoms with Crippen molar-refractivity contribution >= 4 is 17.4 Å². The summed E-state index contributed by atoms with van der Waals surface area (Å²) in [6.45, 7) is 2.30. The first-order chi connectivity index (χ1) is 9.67. The number of hydrogen-bond donors (Lipinski definition) is 3. The highest BCUT2D eigenvalue weighted by molar-refractivity contribution is 7.09. The van der Waals surface area contributed by atoms with Gasteiger partial charge in [0, 0.05) is 30.0 Å². The highest BCUT2D eigenvalue weighted by Crippen LogP contribution is 2.23. The molecule has 1 aromatic rings. The molecule has 3 N–H and O–H groups in total. The van der Waals surface area contributed by atoms with Crippen LogP contribution in [0, 0.1) is 5.92 Å². The molecule has 1 aliphatic rings. The van der Waals surface area contributed by atoms with Crippen LogP contribution in [0.25, 0.3) is 0 Å². The first-order valence-corrected chi connectivity index (χ1v) is 8.25. The number of aliphatic hydroxyl groups is 1. The van der Waals surface area contributed by atoms with Crippen molar-refractivity contribution in [2.75, 3.05) is 6.61 Å². The van der Waals surface area contributed by atoms with Crippen LogP contribution >= 0.6 is 11.3 Å².